The molecule has 0 amide bonds. The predicted molar refractivity (Wildman–Crippen MR) is 72.6 cm³/mol. The van der Waals surface area contributed by atoms with E-state index in [2.05, 4.69) is 18.7 Å². The number of rotatable bonds is 3. The minimum absolute atomic E-state index is 0.113. The molecule has 1 heterocycles. The van der Waals surface area contributed by atoms with Crippen LogP contribution in [0.25, 0.3) is 0 Å². The fourth-order valence-electron chi connectivity index (χ4n) is 2.79. The largest absolute Gasteiger partial charge is 0.326 e. The van der Waals surface area contributed by atoms with Gasteiger partial charge in [0.05, 0.1) is 0 Å². The van der Waals surface area contributed by atoms with Gasteiger partial charge in [-0.2, -0.15) is 0 Å². The smallest absolute Gasteiger partial charge is 0.127 e. The van der Waals surface area contributed by atoms with Crippen LogP contribution in [0.1, 0.15) is 37.8 Å². The molecule has 2 rings (SSSR count). The lowest BCUT2D eigenvalue weighted by Crippen LogP contribution is -2.39. The van der Waals surface area contributed by atoms with E-state index in [1.54, 1.807) is 6.07 Å². The van der Waals surface area contributed by atoms with Gasteiger partial charge in [0.2, 0.25) is 0 Å². The van der Waals surface area contributed by atoms with Gasteiger partial charge in [-0.05, 0) is 43.9 Å². The summed E-state index contributed by atoms with van der Waals surface area (Å²) in [6.07, 6.45) is 2.42. The van der Waals surface area contributed by atoms with E-state index in [0.717, 1.165) is 23.6 Å². The first kappa shape index (κ1) is 13.5. The highest BCUT2D eigenvalue weighted by molar-refractivity contribution is 5.25. The zero-order valence-corrected chi connectivity index (χ0v) is 11.3. The second kappa shape index (κ2) is 5.81. The Balaban J connectivity index is 2.08. The summed E-state index contributed by atoms with van der Waals surface area (Å²) in [6.45, 7) is 6.77. The van der Waals surface area contributed by atoms with E-state index < -0.39 is 0 Å². The Labute approximate surface area is 109 Å². The van der Waals surface area contributed by atoms with Crippen molar-refractivity contribution in [2.24, 2.45) is 11.7 Å². The highest BCUT2D eigenvalue weighted by Gasteiger charge is 2.23. The molecular formula is C15H23FN2. The molecular weight excluding hydrogens is 227 g/mol. The summed E-state index contributed by atoms with van der Waals surface area (Å²) in [5.74, 6) is 0.675. The third kappa shape index (κ3) is 3.09. The van der Waals surface area contributed by atoms with E-state index in [1.165, 1.54) is 18.9 Å². The fourth-order valence-corrected chi connectivity index (χ4v) is 2.79. The SMILES string of the molecule is CC1CCN(Cc2cc(CN)ccc2F)C(C)C1. The molecule has 3 heteroatoms. The zero-order valence-electron chi connectivity index (χ0n) is 11.3. The van der Waals surface area contributed by atoms with Crippen molar-refractivity contribution < 1.29 is 4.39 Å². The molecule has 100 valence electrons. The number of hydrogen-bond donors (Lipinski definition) is 1. The van der Waals surface area contributed by atoms with Gasteiger partial charge in [0.15, 0.2) is 0 Å². The summed E-state index contributed by atoms with van der Waals surface area (Å²) >= 11 is 0. The molecule has 1 aliphatic rings. The fraction of sp³-hybridized carbons (Fsp3) is 0.600. The average Bonchev–Trinajstić information content (AvgIpc) is 2.35. The van der Waals surface area contributed by atoms with Crippen LogP contribution in [0.4, 0.5) is 4.39 Å². The van der Waals surface area contributed by atoms with Crippen LogP contribution in [-0.4, -0.2) is 17.5 Å². The van der Waals surface area contributed by atoms with E-state index in [1.807, 2.05) is 6.07 Å². The van der Waals surface area contributed by atoms with Crippen LogP contribution in [0.5, 0.6) is 0 Å². The van der Waals surface area contributed by atoms with Gasteiger partial charge in [-0.3, -0.25) is 4.90 Å². The van der Waals surface area contributed by atoms with Gasteiger partial charge in [-0.15, -0.1) is 0 Å². The van der Waals surface area contributed by atoms with Crippen LogP contribution < -0.4 is 5.73 Å². The lowest BCUT2D eigenvalue weighted by atomic mass is 9.93. The number of hydrogen-bond acceptors (Lipinski definition) is 2. The molecule has 1 fully saturated rings. The summed E-state index contributed by atoms with van der Waals surface area (Å²) in [4.78, 5) is 2.37. The molecule has 1 aromatic rings. The zero-order chi connectivity index (χ0) is 13.1. The number of nitrogens with zero attached hydrogens (tertiary/aromatic N) is 1. The van der Waals surface area contributed by atoms with Crippen LogP contribution in [0.2, 0.25) is 0 Å². The summed E-state index contributed by atoms with van der Waals surface area (Å²) in [6, 6.07) is 5.74. The highest BCUT2D eigenvalue weighted by atomic mass is 19.1. The van der Waals surface area contributed by atoms with Gasteiger partial charge in [-0.25, -0.2) is 4.39 Å². The lowest BCUT2D eigenvalue weighted by molar-refractivity contribution is 0.121. The Morgan fingerprint density at radius 2 is 2.17 bits per heavy atom. The molecule has 0 radical (unpaired) electrons. The van der Waals surface area contributed by atoms with Crippen molar-refractivity contribution in [3.05, 3.63) is 35.1 Å². The standard InChI is InChI=1S/C15H23FN2/c1-11-5-6-18(12(2)7-11)10-14-8-13(9-17)3-4-15(14)16/h3-4,8,11-12H,5-7,9-10,17H2,1-2H3. The van der Waals surface area contributed by atoms with Crippen molar-refractivity contribution in [2.75, 3.05) is 6.54 Å². The number of benzene rings is 1. The van der Waals surface area contributed by atoms with Gasteiger partial charge in [0.1, 0.15) is 5.82 Å². The summed E-state index contributed by atoms with van der Waals surface area (Å²) in [5, 5.41) is 0. The molecule has 0 spiro atoms. The first-order valence-corrected chi connectivity index (χ1v) is 6.81. The average molecular weight is 250 g/mol. The molecule has 2 unspecified atom stereocenters. The summed E-state index contributed by atoms with van der Waals surface area (Å²) in [7, 11) is 0. The second-order valence-corrected chi connectivity index (χ2v) is 5.58. The third-order valence-corrected chi connectivity index (χ3v) is 4.00. The van der Waals surface area contributed by atoms with Crippen molar-refractivity contribution in [2.45, 2.75) is 45.8 Å². The van der Waals surface area contributed by atoms with Gasteiger partial charge in [0, 0.05) is 24.7 Å². The number of likely N-dealkylation sites (tertiary alicyclic amines) is 1. The van der Waals surface area contributed by atoms with Crippen molar-refractivity contribution in [1.82, 2.24) is 4.90 Å². The lowest BCUT2D eigenvalue weighted by Gasteiger charge is -2.36. The van der Waals surface area contributed by atoms with Crippen molar-refractivity contribution >= 4 is 0 Å². The maximum absolute atomic E-state index is 13.8. The summed E-state index contributed by atoms with van der Waals surface area (Å²) < 4.78 is 13.8. The Kier molecular flexibility index (Phi) is 4.36. The minimum atomic E-state index is -0.113. The molecule has 0 bridgehead atoms. The van der Waals surface area contributed by atoms with Crippen molar-refractivity contribution in [3.63, 3.8) is 0 Å². The topological polar surface area (TPSA) is 29.3 Å². The monoisotopic (exact) mass is 250 g/mol. The number of piperidine rings is 1. The van der Waals surface area contributed by atoms with Gasteiger partial charge < -0.3 is 5.73 Å². The minimum Gasteiger partial charge on any atom is -0.326 e. The van der Waals surface area contributed by atoms with Crippen LogP contribution in [0.15, 0.2) is 18.2 Å². The summed E-state index contributed by atoms with van der Waals surface area (Å²) in [5.41, 5.74) is 7.39. The van der Waals surface area contributed by atoms with E-state index in [0.29, 0.717) is 19.1 Å². The molecule has 0 aliphatic carbocycles. The molecule has 2 atom stereocenters. The van der Waals surface area contributed by atoms with E-state index in [9.17, 15) is 4.39 Å². The van der Waals surface area contributed by atoms with Crippen LogP contribution in [0, 0.1) is 11.7 Å². The Morgan fingerprint density at radius 1 is 1.39 bits per heavy atom. The molecule has 18 heavy (non-hydrogen) atoms. The maximum atomic E-state index is 13.8. The third-order valence-electron chi connectivity index (χ3n) is 4.00. The first-order valence-electron chi connectivity index (χ1n) is 6.81. The molecule has 0 aromatic heterocycles. The number of nitrogens with two attached hydrogens (primary N) is 1. The Morgan fingerprint density at radius 3 is 2.83 bits per heavy atom. The van der Waals surface area contributed by atoms with Gasteiger partial charge in [-0.1, -0.05) is 19.1 Å². The van der Waals surface area contributed by atoms with Crippen LogP contribution in [0.3, 0.4) is 0 Å². The maximum Gasteiger partial charge on any atom is 0.127 e. The van der Waals surface area contributed by atoms with Crippen molar-refractivity contribution in [1.29, 1.82) is 0 Å². The normalized spacial score (nSPS) is 25.3. The van der Waals surface area contributed by atoms with Gasteiger partial charge >= 0.3 is 0 Å². The highest BCUT2D eigenvalue weighted by Crippen LogP contribution is 2.24. The molecule has 2 N–H and O–H groups in total. The van der Waals surface area contributed by atoms with Crippen molar-refractivity contribution in [3.8, 4) is 0 Å². The van der Waals surface area contributed by atoms with Crippen LogP contribution in [-0.2, 0) is 13.1 Å². The first-order chi connectivity index (χ1) is 8.60. The van der Waals surface area contributed by atoms with E-state index in [-0.39, 0.29) is 5.82 Å². The van der Waals surface area contributed by atoms with Crippen LogP contribution >= 0.6 is 0 Å². The molecule has 1 saturated heterocycles. The van der Waals surface area contributed by atoms with E-state index >= 15 is 0 Å². The molecule has 2 nitrogen and oxygen atoms in total. The molecule has 1 aliphatic heterocycles. The Bertz CT molecular complexity index is 405. The van der Waals surface area contributed by atoms with E-state index in [4.69, 9.17) is 5.73 Å². The molecule has 1 aromatic carbocycles. The second-order valence-electron chi connectivity index (χ2n) is 5.58. The number of halogens is 1. The quantitative estimate of drug-likeness (QED) is 0.893. The predicted octanol–water partition coefficient (Wildman–Crippen LogP) is 2.90. The Hall–Kier alpha value is -0.930. The van der Waals surface area contributed by atoms with Gasteiger partial charge in [0.25, 0.3) is 0 Å². The molecule has 0 saturated carbocycles.